The molecular weight excluding hydrogens is 384 g/mol. The third-order valence-electron chi connectivity index (χ3n) is 7.67. The second kappa shape index (κ2) is 7.01. The van der Waals surface area contributed by atoms with Crippen LogP contribution in [0.1, 0.15) is 55.8 Å². The van der Waals surface area contributed by atoms with E-state index in [4.69, 9.17) is 0 Å². The highest BCUT2D eigenvalue weighted by molar-refractivity contribution is 5.89. The zero-order valence-corrected chi connectivity index (χ0v) is 17.9. The van der Waals surface area contributed by atoms with Crippen molar-refractivity contribution in [1.29, 1.82) is 0 Å². The minimum absolute atomic E-state index is 0.178. The van der Waals surface area contributed by atoms with E-state index in [0.717, 1.165) is 17.0 Å². The van der Waals surface area contributed by atoms with Crippen molar-refractivity contribution in [2.75, 3.05) is 0 Å². The average molecular weight is 413 g/mol. The van der Waals surface area contributed by atoms with Crippen LogP contribution in [0.15, 0.2) is 65.1 Å². The number of hydrogen-bond donors (Lipinski definition) is 2. The summed E-state index contributed by atoms with van der Waals surface area (Å²) in [5, 5.41) is 11.6. The summed E-state index contributed by atoms with van der Waals surface area (Å²) < 4.78 is 0. The molecule has 2 N–H and O–H groups in total. The molecule has 3 heterocycles. The molecule has 3 aliphatic carbocycles. The maximum Gasteiger partial charge on any atom is 0.337 e. The van der Waals surface area contributed by atoms with E-state index in [0.29, 0.717) is 17.4 Å². The van der Waals surface area contributed by atoms with Gasteiger partial charge in [0, 0.05) is 29.2 Å². The Kier molecular flexibility index (Phi) is 4.24. The number of carboxylic acids is 1. The van der Waals surface area contributed by atoms with Crippen LogP contribution in [0.2, 0.25) is 0 Å². The Morgan fingerprint density at radius 2 is 2.06 bits per heavy atom. The summed E-state index contributed by atoms with van der Waals surface area (Å²) in [4.78, 5) is 17.7. The third-order valence-corrected chi connectivity index (χ3v) is 7.67. The van der Waals surface area contributed by atoms with Gasteiger partial charge in [-0.3, -0.25) is 0 Å². The Hall–Kier alpha value is -3.01. The van der Waals surface area contributed by atoms with Gasteiger partial charge in [-0.2, -0.15) is 0 Å². The number of nitrogens with one attached hydrogen (secondary N) is 1. The molecule has 1 fully saturated rings. The summed E-state index contributed by atoms with van der Waals surface area (Å²) in [6, 6.07) is 0.178. The third kappa shape index (κ3) is 2.77. The Labute approximate surface area is 182 Å². The van der Waals surface area contributed by atoms with Crippen molar-refractivity contribution in [2.45, 2.75) is 51.5 Å². The van der Waals surface area contributed by atoms with E-state index < -0.39 is 5.97 Å². The van der Waals surface area contributed by atoms with E-state index in [1.807, 2.05) is 0 Å². The molecule has 0 spiro atoms. The van der Waals surface area contributed by atoms with Crippen molar-refractivity contribution in [3.8, 4) is 0 Å². The SMILES string of the molecule is CC1C=CCC2=c3[nH]cc(C(=O)O)c3=CN3C(=C21)C=C1C=CC=C(C2CCCCC2)C13. The first-order valence-corrected chi connectivity index (χ1v) is 11.6. The van der Waals surface area contributed by atoms with Crippen molar-refractivity contribution >= 4 is 17.7 Å². The van der Waals surface area contributed by atoms with E-state index >= 15 is 0 Å². The Balaban J connectivity index is 1.59. The molecule has 0 aromatic carbocycles. The number of aromatic amines is 1. The van der Waals surface area contributed by atoms with Crippen molar-refractivity contribution in [1.82, 2.24) is 9.88 Å². The van der Waals surface area contributed by atoms with Gasteiger partial charge in [0.15, 0.2) is 0 Å². The van der Waals surface area contributed by atoms with Crippen LogP contribution in [0.5, 0.6) is 0 Å². The van der Waals surface area contributed by atoms with E-state index in [1.165, 1.54) is 60.1 Å². The van der Waals surface area contributed by atoms with Gasteiger partial charge >= 0.3 is 5.97 Å². The van der Waals surface area contributed by atoms with Gasteiger partial charge in [-0.15, -0.1) is 0 Å². The lowest BCUT2D eigenvalue weighted by Crippen LogP contribution is -2.36. The Bertz CT molecular complexity index is 1240. The van der Waals surface area contributed by atoms with Crippen molar-refractivity contribution < 1.29 is 9.90 Å². The standard InChI is InChI=1S/C27H28N2O2/c1-16-7-5-12-20-24(16)23-13-18-10-6-11-19(17-8-3-2-4-9-17)26(18)29(23)15-22-21(27(30)31)14-28-25(20)22/h5-7,10-11,13-17,26,28H,2-4,8-9,12H2,1H3,(H,30,31). The van der Waals surface area contributed by atoms with Crippen LogP contribution in [0.3, 0.4) is 0 Å². The molecule has 1 aromatic heterocycles. The van der Waals surface area contributed by atoms with Gasteiger partial charge in [-0.05, 0) is 53.5 Å². The lowest BCUT2D eigenvalue weighted by Gasteiger charge is -2.36. The molecule has 2 atom stereocenters. The first-order valence-electron chi connectivity index (χ1n) is 11.6. The van der Waals surface area contributed by atoms with E-state index in [9.17, 15) is 9.90 Å². The molecule has 31 heavy (non-hydrogen) atoms. The van der Waals surface area contributed by atoms with Gasteiger partial charge < -0.3 is 15.0 Å². The fraction of sp³-hybridized carbons (Fsp3) is 0.370. The number of nitrogens with zero attached hydrogens (tertiary/aromatic N) is 1. The lowest BCUT2D eigenvalue weighted by atomic mass is 9.77. The van der Waals surface area contributed by atoms with Crippen molar-refractivity contribution in [2.24, 2.45) is 11.8 Å². The van der Waals surface area contributed by atoms with Crippen LogP contribution in [-0.4, -0.2) is 27.0 Å². The van der Waals surface area contributed by atoms with E-state index in [1.54, 1.807) is 6.20 Å². The molecule has 0 saturated heterocycles. The summed E-state index contributed by atoms with van der Waals surface area (Å²) in [7, 11) is 0. The van der Waals surface area contributed by atoms with Crippen LogP contribution in [-0.2, 0) is 0 Å². The normalized spacial score (nSPS) is 27.0. The molecule has 1 saturated carbocycles. The highest BCUT2D eigenvalue weighted by atomic mass is 16.4. The van der Waals surface area contributed by atoms with Gasteiger partial charge in [-0.25, -0.2) is 4.79 Å². The number of H-pyrrole nitrogens is 1. The maximum absolute atomic E-state index is 12.0. The average Bonchev–Trinajstić information content (AvgIpc) is 3.33. The summed E-state index contributed by atoms with van der Waals surface area (Å²) >= 11 is 0. The molecule has 158 valence electrons. The first-order chi connectivity index (χ1) is 15.1. The first kappa shape index (κ1) is 18.7. The monoisotopic (exact) mass is 412 g/mol. The number of allylic oxidation sites excluding steroid dienone is 6. The number of carbonyl (C=O) groups is 1. The van der Waals surface area contributed by atoms with Gasteiger partial charge in [0.05, 0.1) is 17.0 Å². The number of carboxylic acid groups (broad SMARTS) is 1. The molecule has 6 rings (SSSR count). The largest absolute Gasteiger partial charge is 0.478 e. The van der Waals surface area contributed by atoms with E-state index in [2.05, 4.69) is 59.5 Å². The summed E-state index contributed by atoms with van der Waals surface area (Å²) in [5.74, 6) is 0.0304. The molecule has 0 radical (unpaired) electrons. The van der Waals surface area contributed by atoms with E-state index in [-0.39, 0.29) is 6.04 Å². The predicted molar refractivity (Wildman–Crippen MR) is 122 cm³/mol. The summed E-state index contributed by atoms with van der Waals surface area (Å²) in [5.41, 5.74) is 6.98. The number of aromatic carboxylic acids is 1. The predicted octanol–water partition coefficient (Wildman–Crippen LogP) is 4.15. The number of rotatable bonds is 2. The Morgan fingerprint density at radius 3 is 2.87 bits per heavy atom. The van der Waals surface area contributed by atoms with Crippen molar-refractivity contribution in [3.63, 3.8) is 0 Å². The second-order valence-corrected chi connectivity index (χ2v) is 9.44. The topological polar surface area (TPSA) is 56.3 Å². The molecule has 0 amide bonds. The van der Waals surface area contributed by atoms with Gasteiger partial charge in [-0.1, -0.05) is 56.6 Å². The van der Waals surface area contributed by atoms with Crippen LogP contribution >= 0.6 is 0 Å². The molecule has 2 unspecified atom stereocenters. The fourth-order valence-corrected chi connectivity index (χ4v) is 6.25. The number of aromatic nitrogens is 1. The quantitative estimate of drug-likeness (QED) is 0.718. The van der Waals surface area contributed by atoms with Crippen LogP contribution in [0, 0.1) is 11.8 Å². The summed E-state index contributed by atoms with van der Waals surface area (Å²) in [6.07, 6.45) is 24.7. The molecule has 2 aliphatic heterocycles. The molecule has 0 bridgehead atoms. The van der Waals surface area contributed by atoms with Crippen LogP contribution in [0.4, 0.5) is 0 Å². The lowest BCUT2D eigenvalue weighted by molar-refractivity contribution is 0.0696. The van der Waals surface area contributed by atoms with Gasteiger partial charge in [0.2, 0.25) is 0 Å². The van der Waals surface area contributed by atoms with Gasteiger partial charge in [0.25, 0.3) is 0 Å². The fourth-order valence-electron chi connectivity index (χ4n) is 6.25. The van der Waals surface area contributed by atoms with Crippen LogP contribution < -0.4 is 10.6 Å². The smallest absolute Gasteiger partial charge is 0.337 e. The zero-order valence-electron chi connectivity index (χ0n) is 17.9. The highest BCUT2D eigenvalue weighted by Gasteiger charge is 2.39. The number of hydrogen-bond acceptors (Lipinski definition) is 2. The molecule has 1 aromatic rings. The summed E-state index contributed by atoms with van der Waals surface area (Å²) in [6.45, 7) is 2.25. The van der Waals surface area contributed by atoms with Crippen LogP contribution in [0.25, 0.3) is 11.8 Å². The minimum atomic E-state index is -0.877. The van der Waals surface area contributed by atoms with Crippen molar-refractivity contribution in [3.05, 3.63) is 81.2 Å². The maximum atomic E-state index is 12.0. The minimum Gasteiger partial charge on any atom is -0.478 e. The highest BCUT2D eigenvalue weighted by Crippen LogP contribution is 2.45. The molecule has 5 aliphatic rings. The zero-order chi connectivity index (χ0) is 21.1. The Morgan fingerprint density at radius 1 is 1.23 bits per heavy atom. The second-order valence-electron chi connectivity index (χ2n) is 9.44. The number of fused-ring (bicyclic) bond motifs is 5. The van der Waals surface area contributed by atoms with Gasteiger partial charge in [0.1, 0.15) is 0 Å². The molecule has 4 nitrogen and oxygen atoms in total. The molecule has 4 heteroatoms. The molecular formula is C27H28N2O2.